The fourth-order valence-electron chi connectivity index (χ4n) is 3.24. The van der Waals surface area contributed by atoms with Crippen LogP contribution in [0.15, 0.2) is 42.5 Å². The molecule has 1 aliphatic carbocycles. The summed E-state index contributed by atoms with van der Waals surface area (Å²) in [5, 5.41) is 0.181. The molecule has 0 aliphatic heterocycles. The Morgan fingerprint density at radius 3 is 2.57 bits per heavy atom. The van der Waals surface area contributed by atoms with Crippen molar-refractivity contribution in [3.8, 4) is 5.75 Å². The molecule has 0 bridgehead atoms. The summed E-state index contributed by atoms with van der Waals surface area (Å²) in [6.45, 7) is 12.1. The van der Waals surface area contributed by atoms with Gasteiger partial charge in [0.05, 0.1) is 12.7 Å². The highest BCUT2D eigenvalue weighted by Crippen LogP contribution is 2.38. The van der Waals surface area contributed by atoms with E-state index in [1.165, 1.54) is 0 Å². The van der Waals surface area contributed by atoms with Gasteiger partial charge in [-0.1, -0.05) is 51.1 Å². The number of rotatable bonds is 9. The first-order valence-corrected chi connectivity index (χ1v) is 13.6. The quantitative estimate of drug-likeness (QED) is 0.267. The Morgan fingerprint density at radius 1 is 1.21 bits per heavy atom. The molecule has 1 aromatic carbocycles. The molecule has 0 aromatic heterocycles. The van der Waals surface area contributed by atoms with Crippen molar-refractivity contribution in [2.45, 2.75) is 83.5 Å². The number of carbonyl (C=O) groups is 1. The molecule has 2 unspecified atom stereocenters. The van der Waals surface area contributed by atoms with Crippen LogP contribution in [0, 0.1) is 5.92 Å². The van der Waals surface area contributed by atoms with Crippen LogP contribution in [0.25, 0.3) is 0 Å². The van der Waals surface area contributed by atoms with Crippen LogP contribution in [-0.2, 0) is 9.22 Å². The minimum absolute atomic E-state index is 0.0947. The topological polar surface area (TPSA) is 35.5 Å². The monoisotopic (exact) mass is 402 g/mol. The molecular formula is C24H38O3Si. The molecule has 0 N–H and O–H groups in total. The summed E-state index contributed by atoms with van der Waals surface area (Å²) in [6.07, 6.45) is 10.0. The van der Waals surface area contributed by atoms with Gasteiger partial charge in [-0.3, -0.25) is 4.79 Å². The number of para-hydroxylation sites is 1. The maximum Gasteiger partial charge on any atom is 0.192 e. The highest BCUT2D eigenvalue weighted by atomic mass is 28.4. The second-order valence-electron chi connectivity index (χ2n) is 9.50. The molecule has 4 heteroatoms. The molecule has 1 fully saturated rings. The minimum Gasteiger partial charge on any atom is -0.494 e. The van der Waals surface area contributed by atoms with Gasteiger partial charge in [0.25, 0.3) is 0 Å². The first-order valence-electron chi connectivity index (χ1n) is 10.7. The lowest BCUT2D eigenvalue weighted by Gasteiger charge is -2.38. The zero-order valence-electron chi connectivity index (χ0n) is 18.4. The molecule has 0 heterocycles. The van der Waals surface area contributed by atoms with Gasteiger partial charge in [0.2, 0.25) is 0 Å². The average Bonchev–Trinajstić information content (AvgIpc) is 2.63. The van der Waals surface area contributed by atoms with E-state index in [9.17, 15) is 4.79 Å². The molecular weight excluding hydrogens is 364 g/mol. The second-order valence-corrected chi connectivity index (χ2v) is 14.3. The Balaban J connectivity index is 1.93. The van der Waals surface area contributed by atoms with E-state index in [-0.39, 0.29) is 11.1 Å². The van der Waals surface area contributed by atoms with E-state index in [1.54, 1.807) is 0 Å². The van der Waals surface area contributed by atoms with Crippen molar-refractivity contribution in [1.29, 1.82) is 0 Å². The van der Waals surface area contributed by atoms with Crippen molar-refractivity contribution in [2.24, 2.45) is 5.92 Å². The molecule has 0 radical (unpaired) electrons. The van der Waals surface area contributed by atoms with Crippen LogP contribution in [0.4, 0.5) is 0 Å². The van der Waals surface area contributed by atoms with E-state index in [0.717, 1.165) is 37.9 Å². The maximum atomic E-state index is 11.7. The second kappa shape index (κ2) is 10.4. The Kier molecular flexibility index (Phi) is 8.50. The molecule has 1 aliphatic rings. The summed E-state index contributed by atoms with van der Waals surface area (Å²) in [5.74, 6) is 1.70. The number of allylic oxidation sites excluding steroid dienone is 1. The van der Waals surface area contributed by atoms with Crippen molar-refractivity contribution >= 4 is 14.1 Å². The van der Waals surface area contributed by atoms with E-state index in [0.29, 0.717) is 24.7 Å². The van der Waals surface area contributed by atoms with Crippen molar-refractivity contribution < 1.29 is 14.0 Å². The minimum atomic E-state index is -1.85. The zero-order valence-corrected chi connectivity index (χ0v) is 19.4. The molecule has 0 spiro atoms. The van der Waals surface area contributed by atoms with Gasteiger partial charge in [-0.25, -0.2) is 0 Å². The van der Waals surface area contributed by atoms with E-state index in [2.05, 4.69) is 46.0 Å². The lowest BCUT2D eigenvalue weighted by Crippen LogP contribution is -2.43. The third-order valence-electron chi connectivity index (χ3n) is 6.02. The number of carbonyl (C=O) groups excluding carboxylic acids is 1. The molecule has 0 saturated heterocycles. The van der Waals surface area contributed by atoms with Crippen LogP contribution in [0.2, 0.25) is 18.1 Å². The summed E-state index contributed by atoms with van der Waals surface area (Å²) < 4.78 is 12.5. The Hall–Kier alpha value is -1.39. The van der Waals surface area contributed by atoms with E-state index in [4.69, 9.17) is 9.16 Å². The summed E-state index contributed by atoms with van der Waals surface area (Å²) in [4.78, 5) is 11.7. The molecule has 1 aromatic rings. The fourth-order valence-corrected chi connectivity index (χ4v) is 4.55. The van der Waals surface area contributed by atoms with Crippen LogP contribution in [0.3, 0.4) is 0 Å². The Bertz CT molecular complexity index is 631. The van der Waals surface area contributed by atoms with E-state index >= 15 is 0 Å². The molecule has 1 saturated carbocycles. The number of ketones is 1. The van der Waals surface area contributed by atoms with Crippen molar-refractivity contribution in [3.63, 3.8) is 0 Å². The van der Waals surface area contributed by atoms with Crippen molar-refractivity contribution in [3.05, 3.63) is 42.5 Å². The van der Waals surface area contributed by atoms with Gasteiger partial charge < -0.3 is 9.16 Å². The lowest BCUT2D eigenvalue weighted by atomic mass is 9.88. The zero-order chi connectivity index (χ0) is 20.6. The largest absolute Gasteiger partial charge is 0.494 e. The van der Waals surface area contributed by atoms with Gasteiger partial charge in [0, 0.05) is 12.8 Å². The highest BCUT2D eigenvalue weighted by Gasteiger charge is 2.38. The summed E-state index contributed by atoms with van der Waals surface area (Å²) in [7, 11) is -1.85. The first kappa shape index (κ1) is 22.9. The summed E-state index contributed by atoms with van der Waals surface area (Å²) in [6, 6.07) is 9.96. The predicted octanol–water partition coefficient (Wildman–Crippen LogP) is 6.55. The van der Waals surface area contributed by atoms with Crippen LogP contribution >= 0.6 is 0 Å². The van der Waals surface area contributed by atoms with Gasteiger partial charge in [-0.05, 0) is 61.9 Å². The van der Waals surface area contributed by atoms with Gasteiger partial charge in [0.15, 0.2) is 8.32 Å². The number of benzene rings is 1. The van der Waals surface area contributed by atoms with Crippen LogP contribution in [0.1, 0.15) is 59.3 Å². The van der Waals surface area contributed by atoms with E-state index in [1.807, 2.05) is 30.3 Å². The third kappa shape index (κ3) is 7.55. The molecule has 3 nitrogen and oxygen atoms in total. The Morgan fingerprint density at radius 2 is 1.93 bits per heavy atom. The predicted molar refractivity (Wildman–Crippen MR) is 119 cm³/mol. The standard InChI is InChI=1S/C24H38O3Si/c1-24(2,3)28(4,5)27-23(17-16-20-11-9-12-21(25)19-20)15-10-18-26-22-13-7-6-8-14-22/h6-8,13-14,16-17,20,23H,9-12,15,18-19H2,1-5H3/b17-16+. The van der Waals surface area contributed by atoms with Gasteiger partial charge >= 0.3 is 0 Å². The fraction of sp³-hybridized carbons (Fsp3) is 0.625. The van der Waals surface area contributed by atoms with E-state index < -0.39 is 8.32 Å². The number of hydrogen-bond donors (Lipinski definition) is 0. The number of ether oxygens (including phenoxy) is 1. The van der Waals surface area contributed by atoms with Crippen molar-refractivity contribution in [1.82, 2.24) is 0 Å². The molecule has 156 valence electrons. The maximum absolute atomic E-state index is 11.7. The van der Waals surface area contributed by atoms with Gasteiger partial charge in [0.1, 0.15) is 11.5 Å². The highest BCUT2D eigenvalue weighted by molar-refractivity contribution is 6.74. The molecule has 0 amide bonds. The van der Waals surface area contributed by atoms with Gasteiger partial charge in [-0.2, -0.15) is 0 Å². The van der Waals surface area contributed by atoms with Gasteiger partial charge in [-0.15, -0.1) is 0 Å². The van der Waals surface area contributed by atoms with Crippen LogP contribution < -0.4 is 4.74 Å². The SMILES string of the molecule is CC(C)(C)[Si](C)(C)OC(/C=C/C1CCCC(=O)C1)CCCOc1ccccc1. The smallest absolute Gasteiger partial charge is 0.192 e. The first-order chi connectivity index (χ1) is 13.2. The average molecular weight is 403 g/mol. The Labute approximate surface area is 172 Å². The third-order valence-corrected chi connectivity index (χ3v) is 10.5. The van der Waals surface area contributed by atoms with Crippen LogP contribution in [0.5, 0.6) is 5.75 Å². The normalized spacial score (nSPS) is 19.8. The molecule has 2 atom stereocenters. The summed E-state index contributed by atoms with van der Waals surface area (Å²) in [5.41, 5.74) is 0. The molecule has 2 rings (SSSR count). The number of hydrogen-bond acceptors (Lipinski definition) is 3. The van der Waals surface area contributed by atoms with Crippen molar-refractivity contribution in [2.75, 3.05) is 6.61 Å². The summed E-state index contributed by atoms with van der Waals surface area (Å²) >= 11 is 0. The molecule has 28 heavy (non-hydrogen) atoms. The number of Topliss-reactive ketones (excluding diaryl/α,β-unsaturated/α-hetero) is 1. The lowest BCUT2D eigenvalue weighted by molar-refractivity contribution is -0.121. The van der Waals surface area contributed by atoms with Crippen LogP contribution in [-0.4, -0.2) is 26.8 Å².